The first-order chi connectivity index (χ1) is 4.18. The van der Waals surface area contributed by atoms with E-state index in [2.05, 4.69) is 6.58 Å². The molecule has 0 spiro atoms. The zero-order chi connectivity index (χ0) is 7.28. The SMILES string of the molecule is C=CCCC(=O)C(C)C. The summed E-state index contributed by atoms with van der Waals surface area (Å²) in [4.78, 5) is 10.9. The summed E-state index contributed by atoms with van der Waals surface area (Å²) in [5.74, 6) is 0.514. The number of hydrogen-bond donors (Lipinski definition) is 0. The van der Waals surface area contributed by atoms with E-state index in [1.807, 2.05) is 13.8 Å². The van der Waals surface area contributed by atoms with Gasteiger partial charge in [-0.2, -0.15) is 0 Å². The van der Waals surface area contributed by atoms with Crippen molar-refractivity contribution in [3.63, 3.8) is 0 Å². The van der Waals surface area contributed by atoms with Crippen LogP contribution in [0.4, 0.5) is 0 Å². The van der Waals surface area contributed by atoms with Crippen LogP contribution in [-0.2, 0) is 4.79 Å². The third kappa shape index (κ3) is 3.95. The molecule has 0 aliphatic heterocycles. The van der Waals surface area contributed by atoms with Gasteiger partial charge in [-0.3, -0.25) is 4.79 Å². The Kier molecular flexibility index (Phi) is 4.02. The third-order valence-electron chi connectivity index (χ3n) is 1.24. The normalized spacial score (nSPS) is 9.67. The van der Waals surface area contributed by atoms with Crippen LogP contribution in [0.5, 0.6) is 0 Å². The molecule has 0 aliphatic rings. The molecule has 52 valence electrons. The Bertz CT molecular complexity index is 103. The number of allylic oxidation sites excluding steroid dienone is 1. The van der Waals surface area contributed by atoms with E-state index in [0.29, 0.717) is 12.2 Å². The summed E-state index contributed by atoms with van der Waals surface area (Å²) in [6.45, 7) is 7.38. The summed E-state index contributed by atoms with van der Waals surface area (Å²) < 4.78 is 0. The largest absolute Gasteiger partial charge is 0.299 e. The number of ketones is 1. The minimum absolute atomic E-state index is 0.185. The maximum absolute atomic E-state index is 10.9. The van der Waals surface area contributed by atoms with Gasteiger partial charge in [-0.1, -0.05) is 19.9 Å². The van der Waals surface area contributed by atoms with Crippen LogP contribution in [0.15, 0.2) is 12.7 Å². The van der Waals surface area contributed by atoms with Crippen molar-refractivity contribution in [3.05, 3.63) is 12.7 Å². The van der Waals surface area contributed by atoms with E-state index in [-0.39, 0.29) is 5.92 Å². The minimum Gasteiger partial charge on any atom is -0.299 e. The molecule has 0 heterocycles. The van der Waals surface area contributed by atoms with Crippen LogP contribution >= 0.6 is 0 Å². The molecule has 0 N–H and O–H groups in total. The fourth-order valence-electron chi connectivity index (χ4n) is 0.533. The number of Topliss-reactive ketones (excluding diaryl/α,β-unsaturated/α-hetero) is 1. The molecule has 1 heteroatoms. The highest BCUT2D eigenvalue weighted by Gasteiger charge is 2.03. The highest BCUT2D eigenvalue weighted by Crippen LogP contribution is 2.01. The molecule has 0 aromatic rings. The average molecular weight is 126 g/mol. The van der Waals surface area contributed by atoms with Crippen LogP contribution in [0.25, 0.3) is 0 Å². The molecule has 0 saturated carbocycles. The van der Waals surface area contributed by atoms with Crippen LogP contribution in [0, 0.1) is 5.92 Å². The van der Waals surface area contributed by atoms with Crippen molar-refractivity contribution < 1.29 is 4.79 Å². The van der Waals surface area contributed by atoms with Gasteiger partial charge in [-0.15, -0.1) is 6.58 Å². The highest BCUT2D eigenvalue weighted by atomic mass is 16.1. The second-order valence-corrected chi connectivity index (χ2v) is 2.45. The fraction of sp³-hybridized carbons (Fsp3) is 0.625. The van der Waals surface area contributed by atoms with Crippen LogP contribution in [0.3, 0.4) is 0 Å². The standard InChI is InChI=1S/C8H14O/c1-4-5-6-8(9)7(2)3/h4,7H,1,5-6H2,2-3H3. The molecule has 0 aromatic heterocycles. The molecule has 0 aliphatic carbocycles. The van der Waals surface area contributed by atoms with Crippen LogP contribution in [0.2, 0.25) is 0 Å². The molecular weight excluding hydrogens is 112 g/mol. The predicted molar refractivity (Wildman–Crippen MR) is 39.3 cm³/mol. The molecule has 0 atom stereocenters. The summed E-state index contributed by atoms with van der Waals surface area (Å²) in [6.07, 6.45) is 3.25. The molecule has 9 heavy (non-hydrogen) atoms. The van der Waals surface area contributed by atoms with Gasteiger partial charge in [0.15, 0.2) is 0 Å². The maximum atomic E-state index is 10.9. The van der Waals surface area contributed by atoms with E-state index in [4.69, 9.17) is 0 Å². The van der Waals surface area contributed by atoms with Crippen molar-refractivity contribution in [2.45, 2.75) is 26.7 Å². The molecule has 0 bridgehead atoms. The zero-order valence-electron chi connectivity index (χ0n) is 6.18. The molecule has 1 nitrogen and oxygen atoms in total. The van der Waals surface area contributed by atoms with E-state index in [1.54, 1.807) is 6.08 Å². The van der Waals surface area contributed by atoms with Crippen LogP contribution < -0.4 is 0 Å². The summed E-state index contributed by atoms with van der Waals surface area (Å²) in [7, 11) is 0. The van der Waals surface area contributed by atoms with Crippen LogP contribution in [-0.4, -0.2) is 5.78 Å². The number of carbonyl (C=O) groups is 1. The van der Waals surface area contributed by atoms with E-state index in [9.17, 15) is 4.79 Å². The molecule has 0 aromatic carbocycles. The van der Waals surface area contributed by atoms with E-state index >= 15 is 0 Å². The Labute approximate surface area is 56.8 Å². The Morgan fingerprint density at radius 3 is 2.56 bits per heavy atom. The summed E-state index contributed by atoms with van der Waals surface area (Å²) >= 11 is 0. The van der Waals surface area contributed by atoms with Crippen molar-refractivity contribution in [1.82, 2.24) is 0 Å². The van der Waals surface area contributed by atoms with Crippen molar-refractivity contribution in [2.24, 2.45) is 5.92 Å². The lowest BCUT2D eigenvalue weighted by atomic mass is 10.1. The first kappa shape index (κ1) is 8.41. The molecule has 0 radical (unpaired) electrons. The molecule has 0 saturated heterocycles. The number of hydrogen-bond acceptors (Lipinski definition) is 1. The molecule has 0 amide bonds. The van der Waals surface area contributed by atoms with Crippen molar-refractivity contribution >= 4 is 5.78 Å². The quantitative estimate of drug-likeness (QED) is 0.528. The smallest absolute Gasteiger partial charge is 0.135 e. The topological polar surface area (TPSA) is 17.1 Å². The van der Waals surface area contributed by atoms with Gasteiger partial charge in [0.05, 0.1) is 0 Å². The summed E-state index contributed by atoms with van der Waals surface area (Å²) in [5, 5.41) is 0. The zero-order valence-corrected chi connectivity index (χ0v) is 6.18. The minimum atomic E-state index is 0.185. The van der Waals surface area contributed by atoms with Crippen molar-refractivity contribution in [3.8, 4) is 0 Å². The van der Waals surface area contributed by atoms with E-state index in [1.165, 1.54) is 0 Å². The second-order valence-electron chi connectivity index (χ2n) is 2.45. The van der Waals surface area contributed by atoms with E-state index < -0.39 is 0 Å². The average Bonchev–Trinajstić information content (AvgIpc) is 1.82. The number of carbonyl (C=O) groups excluding carboxylic acids is 1. The van der Waals surface area contributed by atoms with Gasteiger partial charge in [0.25, 0.3) is 0 Å². The summed E-state index contributed by atoms with van der Waals surface area (Å²) in [6, 6.07) is 0. The van der Waals surface area contributed by atoms with E-state index in [0.717, 1.165) is 6.42 Å². The van der Waals surface area contributed by atoms with Crippen molar-refractivity contribution in [1.29, 1.82) is 0 Å². The van der Waals surface area contributed by atoms with Gasteiger partial charge in [0.1, 0.15) is 5.78 Å². The monoisotopic (exact) mass is 126 g/mol. The fourth-order valence-corrected chi connectivity index (χ4v) is 0.533. The lowest BCUT2D eigenvalue weighted by Crippen LogP contribution is -2.05. The third-order valence-corrected chi connectivity index (χ3v) is 1.24. The van der Waals surface area contributed by atoms with Crippen LogP contribution in [0.1, 0.15) is 26.7 Å². The Balaban J connectivity index is 3.38. The Morgan fingerprint density at radius 2 is 2.22 bits per heavy atom. The second kappa shape index (κ2) is 4.30. The van der Waals surface area contributed by atoms with Gasteiger partial charge < -0.3 is 0 Å². The maximum Gasteiger partial charge on any atom is 0.135 e. The molecule has 0 rings (SSSR count). The highest BCUT2D eigenvalue weighted by molar-refractivity contribution is 5.80. The molecular formula is C8H14O. The van der Waals surface area contributed by atoms with Gasteiger partial charge in [0, 0.05) is 12.3 Å². The molecule has 0 unspecified atom stereocenters. The summed E-state index contributed by atoms with van der Waals surface area (Å²) in [5.41, 5.74) is 0. The van der Waals surface area contributed by atoms with Gasteiger partial charge in [-0.25, -0.2) is 0 Å². The van der Waals surface area contributed by atoms with Gasteiger partial charge in [0.2, 0.25) is 0 Å². The lowest BCUT2D eigenvalue weighted by molar-refractivity contribution is -0.121. The first-order valence-corrected chi connectivity index (χ1v) is 3.32. The Morgan fingerprint density at radius 1 is 1.67 bits per heavy atom. The van der Waals surface area contributed by atoms with Gasteiger partial charge in [-0.05, 0) is 6.42 Å². The van der Waals surface area contributed by atoms with Gasteiger partial charge >= 0.3 is 0 Å². The lowest BCUT2D eigenvalue weighted by Gasteiger charge is -1.99. The first-order valence-electron chi connectivity index (χ1n) is 3.32. The van der Waals surface area contributed by atoms with Crippen molar-refractivity contribution in [2.75, 3.05) is 0 Å². The number of rotatable bonds is 4. The molecule has 0 fully saturated rings. The predicted octanol–water partition coefficient (Wildman–Crippen LogP) is 2.18. The Hall–Kier alpha value is -0.590.